The summed E-state index contributed by atoms with van der Waals surface area (Å²) in [5.74, 6) is 0.944. The summed E-state index contributed by atoms with van der Waals surface area (Å²) in [6.45, 7) is 4.53. The molecule has 4 nitrogen and oxygen atoms in total. The van der Waals surface area contributed by atoms with Crippen molar-refractivity contribution in [2.45, 2.75) is 12.8 Å². The highest BCUT2D eigenvalue weighted by molar-refractivity contribution is 5.88. The van der Waals surface area contributed by atoms with Gasteiger partial charge in [0.15, 0.2) is 0 Å². The highest BCUT2D eigenvalue weighted by Crippen LogP contribution is 2.18. The molecule has 1 aliphatic rings. The van der Waals surface area contributed by atoms with Gasteiger partial charge in [-0.3, -0.25) is 0 Å². The van der Waals surface area contributed by atoms with Crippen LogP contribution in [0.2, 0.25) is 0 Å². The predicted octanol–water partition coefficient (Wildman–Crippen LogP) is 2.14. The fourth-order valence-corrected chi connectivity index (χ4v) is 2.48. The smallest absolute Gasteiger partial charge is 0.137 e. The Kier molecular flexibility index (Phi) is 3.37. The zero-order valence-corrected chi connectivity index (χ0v) is 10.5. The first kappa shape index (κ1) is 11.4. The minimum absolute atomic E-state index is 0.944. The number of anilines is 1. The molecule has 1 aliphatic heterocycles. The van der Waals surface area contributed by atoms with Crippen LogP contribution in [0.15, 0.2) is 30.6 Å². The zero-order chi connectivity index (χ0) is 12.2. The lowest BCUT2D eigenvalue weighted by atomic mass is 10.2. The topological polar surface area (TPSA) is 41.0 Å². The van der Waals surface area contributed by atoms with Gasteiger partial charge >= 0.3 is 0 Å². The average molecular weight is 242 g/mol. The van der Waals surface area contributed by atoms with Gasteiger partial charge in [-0.15, -0.1) is 0 Å². The molecule has 1 saturated heterocycles. The fourth-order valence-electron chi connectivity index (χ4n) is 2.48. The van der Waals surface area contributed by atoms with Gasteiger partial charge in [-0.1, -0.05) is 12.1 Å². The van der Waals surface area contributed by atoms with Gasteiger partial charge in [0, 0.05) is 18.5 Å². The molecule has 1 fully saturated rings. The number of nitrogens with one attached hydrogen (secondary N) is 1. The third-order valence-electron chi connectivity index (χ3n) is 3.46. The highest BCUT2D eigenvalue weighted by Gasteiger charge is 2.10. The summed E-state index contributed by atoms with van der Waals surface area (Å²) >= 11 is 0. The van der Waals surface area contributed by atoms with Crippen LogP contribution < -0.4 is 5.32 Å². The van der Waals surface area contributed by atoms with Crippen molar-refractivity contribution >= 4 is 16.7 Å². The van der Waals surface area contributed by atoms with E-state index >= 15 is 0 Å². The maximum Gasteiger partial charge on any atom is 0.137 e. The maximum atomic E-state index is 4.33. The van der Waals surface area contributed by atoms with Gasteiger partial charge in [-0.05, 0) is 38.1 Å². The third kappa shape index (κ3) is 2.43. The lowest BCUT2D eigenvalue weighted by Crippen LogP contribution is -2.26. The molecule has 18 heavy (non-hydrogen) atoms. The number of fused-ring (bicyclic) bond motifs is 1. The molecule has 0 radical (unpaired) electrons. The molecule has 2 aromatic rings. The van der Waals surface area contributed by atoms with Gasteiger partial charge in [0.1, 0.15) is 12.1 Å². The predicted molar refractivity (Wildman–Crippen MR) is 73.7 cm³/mol. The minimum atomic E-state index is 0.944. The number of likely N-dealkylation sites (tertiary alicyclic amines) is 1. The number of benzene rings is 1. The van der Waals surface area contributed by atoms with E-state index in [1.54, 1.807) is 6.33 Å². The molecule has 4 heteroatoms. The largest absolute Gasteiger partial charge is 0.368 e. The van der Waals surface area contributed by atoms with Crippen molar-refractivity contribution < 1.29 is 0 Å². The maximum absolute atomic E-state index is 4.33. The van der Waals surface area contributed by atoms with Crippen molar-refractivity contribution in [2.24, 2.45) is 0 Å². The Balaban J connectivity index is 1.66. The number of para-hydroxylation sites is 1. The van der Waals surface area contributed by atoms with Crippen LogP contribution in [0.3, 0.4) is 0 Å². The van der Waals surface area contributed by atoms with E-state index < -0.39 is 0 Å². The molecule has 1 N–H and O–H groups in total. The van der Waals surface area contributed by atoms with Gasteiger partial charge in [0.05, 0.1) is 5.52 Å². The van der Waals surface area contributed by atoms with Crippen LogP contribution in [-0.2, 0) is 0 Å². The molecule has 0 saturated carbocycles. The Morgan fingerprint density at radius 3 is 2.83 bits per heavy atom. The minimum Gasteiger partial charge on any atom is -0.368 e. The molecule has 0 amide bonds. The summed E-state index contributed by atoms with van der Waals surface area (Å²) < 4.78 is 0. The van der Waals surface area contributed by atoms with Crippen LogP contribution in [0.5, 0.6) is 0 Å². The highest BCUT2D eigenvalue weighted by atomic mass is 15.2. The summed E-state index contributed by atoms with van der Waals surface area (Å²) in [6, 6.07) is 8.11. The van der Waals surface area contributed by atoms with Crippen LogP contribution >= 0.6 is 0 Å². The van der Waals surface area contributed by atoms with Crippen LogP contribution in [0.4, 0.5) is 5.82 Å². The van der Waals surface area contributed by atoms with E-state index in [9.17, 15) is 0 Å². The second-order valence-electron chi connectivity index (χ2n) is 4.71. The van der Waals surface area contributed by atoms with E-state index in [4.69, 9.17) is 0 Å². The number of hydrogen-bond donors (Lipinski definition) is 1. The molecule has 2 heterocycles. The molecule has 0 unspecified atom stereocenters. The quantitative estimate of drug-likeness (QED) is 0.891. The molecule has 0 atom stereocenters. The number of aromatic nitrogens is 2. The monoisotopic (exact) mass is 242 g/mol. The first-order chi connectivity index (χ1) is 8.93. The second-order valence-corrected chi connectivity index (χ2v) is 4.71. The Morgan fingerprint density at radius 1 is 1.11 bits per heavy atom. The third-order valence-corrected chi connectivity index (χ3v) is 3.46. The van der Waals surface area contributed by atoms with Crippen LogP contribution in [0.25, 0.3) is 10.9 Å². The first-order valence-electron chi connectivity index (χ1n) is 6.59. The summed E-state index contributed by atoms with van der Waals surface area (Å²) in [7, 11) is 0. The summed E-state index contributed by atoms with van der Waals surface area (Å²) in [5.41, 5.74) is 0.996. The van der Waals surface area contributed by atoms with Crippen LogP contribution in [0.1, 0.15) is 12.8 Å². The Morgan fingerprint density at radius 2 is 1.94 bits per heavy atom. The fraction of sp³-hybridized carbons (Fsp3) is 0.429. The van der Waals surface area contributed by atoms with Crippen LogP contribution in [-0.4, -0.2) is 41.0 Å². The Labute approximate surface area is 107 Å². The Hall–Kier alpha value is -1.68. The zero-order valence-electron chi connectivity index (χ0n) is 10.5. The van der Waals surface area contributed by atoms with Gasteiger partial charge in [-0.2, -0.15) is 0 Å². The van der Waals surface area contributed by atoms with Gasteiger partial charge in [0.25, 0.3) is 0 Å². The lowest BCUT2D eigenvalue weighted by Gasteiger charge is -2.15. The number of hydrogen-bond acceptors (Lipinski definition) is 4. The standard InChI is InChI=1S/C14H18N4/c1-2-6-13-12(5-1)14(17-11-16-13)15-7-10-18-8-3-4-9-18/h1-2,5-6,11H,3-4,7-10H2,(H,15,16,17). The first-order valence-corrected chi connectivity index (χ1v) is 6.59. The van der Waals surface area contributed by atoms with E-state index in [0.717, 1.165) is 29.8 Å². The van der Waals surface area contributed by atoms with Crippen molar-refractivity contribution in [3.8, 4) is 0 Å². The van der Waals surface area contributed by atoms with E-state index in [1.165, 1.54) is 25.9 Å². The molecule has 0 bridgehead atoms. The van der Waals surface area contributed by atoms with E-state index in [1.807, 2.05) is 18.2 Å². The van der Waals surface area contributed by atoms with Crippen LogP contribution in [0, 0.1) is 0 Å². The van der Waals surface area contributed by atoms with Crippen molar-refractivity contribution in [3.05, 3.63) is 30.6 Å². The number of rotatable bonds is 4. The number of nitrogens with zero attached hydrogens (tertiary/aromatic N) is 3. The molecule has 0 spiro atoms. The van der Waals surface area contributed by atoms with E-state index in [0.29, 0.717) is 0 Å². The van der Waals surface area contributed by atoms with Crippen molar-refractivity contribution in [2.75, 3.05) is 31.5 Å². The van der Waals surface area contributed by atoms with Crippen molar-refractivity contribution in [3.63, 3.8) is 0 Å². The summed E-state index contributed by atoms with van der Waals surface area (Å²) in [5, 5.41) is 4.52. The van der Waals surface area contributed by atoms with Gasteiger partial charge in [0.2, 0.25) is 0 Å². The van der Waals surface area contributed by atoms with Crippen molar-refractivity contribution in [1.82, 2.24) is 14.9 Å². The average Bonchev–Trinajstić information content (AvgIpc) is 2.92. The Bertz CT molecular complexity index is 515. The molecule has 0 aliphatic carbocycles. The SMILES string of the molecule is c1ccc2c(NCCN3CCCC3)ncnc2c1. The molecule has 94 valence electrons. The molecule has 1 aromatic carbocycles. The van der Waals surface area contributed by atoms with Crippen molar-refractivity contribution in [1.29, 1.82) is 0 Å². The van der Waals surface area contributed by atoms with Gasteiger partial charge < -0.3 is 10.2 Å². The normalized spacial score (nSPS) is 16.2. The second kappa shape index (κ2) is 5.31. The van der Waals surface area contributed by atoms with E-state index in [-0.39, 0.29) is 0 Å². The molecule has 1 aromatic heterocycles. The van der Waals surface area contributed by atoms with E-state index in [2.05, 4.69) is 26.3 Å². The lowest BCUT2D eigenvalue weighted by molar-refractivity contribution is 0.352. The molecule has 3 rings (SSSR count). The molecular formula is C14H18N4. The molecular weight excluding hydrogens is 224 g/mol. The summed E-state index contributed by atoms with van der Waals surface area (Å²) in [6.07, 6.45) is 4.31. The summed E-state index contributed by atoms with van der Waals surface area (Å²) in [4.78, 5) is 11.1. The van der Waals surface area contributed by atoms with Gasteiger partial charge in [-0.25, -0.2) is 9.97 Å².